The summed E-state index contributed by atoms with van der Waals surface area (Å²) in [5.41, 5.74) is 1.25. The highest BCUT2D eigenvalue weighted by molar-refractivity contribution is 7.18. The second kappa shape index (κ2) is 5.16. The Morgan fingerprint density at radius 1 is 1.30 bits per heavy atom. The van der Waals surface area contributed by atoms with Crippen LogP contribution in [-0.2, 0) is 0 Å². The molecule has 6 nitrogen and oxygen atoms in total. The molecule has 0 aliphatic rings. The van der Waals surface area contributed by atoms with Crippen LogP contribution in [0.5, 0.6) is 0 Å². The molecular formula is C13H16N6S. The minimum atomic E-state index is 0.211. The summed E-state index contributed by atoms with van der Waals surface area (Å²) in [7, 11) is 0. The molecule has 0 bridgehead atoms. The van der Waals surface area contributed by atoms with E-state index in [4.69, 9.17) is 0 Å². The molecule has 0 saturated heterocycles. The van der Waals surface area contributed by atoms with E-state index in [1.54, 1.807) is 30.3 Å². The van der Waals surface area contributed by atoms with Gasteiger partial charge in [-0.3, -0.25) is 0 Å². The molecule has 104 valence electrons. The summed E-state index contributed by atoms with van der Waals surface area (Å²) in [5.74, 6) is 0.892. The lowest BCUT2D eigenvalue weighted by Crippen LogP contribution is -2.17. The number of nitrogens with one attached hydrogen (secondary N) is 1. The first-order valence-electron chi connectivity index (χ1n) is 6.45. The van der Waals surface area contributed by atoms with Crippen molar-refractivity contribution in [3.63, 3.8) is 0 Å². The van der Waals surface area contributed by atoms with Gasteiger partial charge in [0.15, 0.2) is 0 Å². The van der Waals surface area contributed by atoms with Crippen molar-refractivity contribution >= 4 is 27.4 Å². The van der Waals surface area contributed by atoms with E-state index in [1.807, 2.05) is 4.68 Å². The van der Waals surface area contributed by atoms with Crippen LogP contribution in [0.25, 0.3) is 10.2 Å². The van der Waals surface area contributed by atoms with Crippen molar-refractivity contribution in [1.29, 1.82) is 0 Å². The zero-order valence-corrected chi connectivity index (χ0v) is 12.5. The number of hydrogen-bond acceptors (Lipinski definition) is 6. The smallest absolute Gasteiger partial charge is 0.138 e. The third kappa shape index (κ3) is 2.24. The predicted octanol–water partition coefficient (Wildman–Crippen LogP) is 2.57. The van der Waals surface area contributed by atoms with Crippen LogP contribution in [-0.4, -0.2) is 31.3 Å². The Balaban J connectivity index is 1.84. The summed E-state index contributed by atoms with van der Waals surface area (Å²) in [5, 5.41) is 8.67. The fourth-order valence-corrected chi connectivity index (χ4v) is 3.10. The Bertz CT molecular complexity index is 718. The number of thiophene rings is 1. The second-order valence-electron chi connectivity index (χ2n) is 4.79. The molecule has 3 aromatic rings. The number of anilines is 1. The first-order valence-corrected chi connectivity index (χ1v) is 7.27. The number of rotatable bonds is 4. The molecule has 0 aromatic carbocycles. The molecule has 0 radical (unpaired) electrons. The van der Waals surface area contributed by atoms with Crippen LogP contribution in [0, 0.1) is 13.8 Å². The highest BCUT2D eigenvalue weighted by Gasteiger charge is 2.13. The van der Waals surface area contributed by atoms with Gasteiger partial charge in [0.25, 0.3) is 0 Å². The molecule has 0 fully saturated rings. The first-order chi connectivity index (χ1) is 9.66. The Morgan fingerprint density at radius 2 is 2.15 bits per heavy atom. The minimum Gasteiger partial charge on any atom is -0.367 e. The fourth-order valence-electron chi connectivity index (χ4n) is 2.10. The molecule has 3 rings (SSSR count). The van der Waals surface area contributed by atoms with Gasteiger partial charge in [-0.1, -0.05) is 0 Å². The van der Waals surface area contributed by atoms with Crippen molar-refractivity contribution in [3.05, 3.63) is 29.4 Å². The standard InChI is InChI=1S/C13H16N6S/c1-8(19-7-14-5-18-19)4-15-12-11-9(2)10(3)20-13(11)17-6-16-12/h5-8H,4H2,1-3H3,(H,15,16,17). The van der Waals surface area contributed by atoms with Gasteiger partial charge < -0.3 is 5.32 Å². The monoisotopic (exact) mass is 288 g/mol. The average molecular weight is 288 g/mol. The Kier molecular flexibility index (Phi) is 3.35. The maximum absolute atomic E-state index is 4.37. The van der Waals surface area contributed by atoms with Gasteiger partial charge in [-0.05, 0) is 26.3 Å². The quantitative estimate of drug-likeness (QED) is 0.799. The molecule has 0 aliphatic carbocycles. The summed E-state index contributed by atoms with van der Waals surface area (Å²) < 4.78 is 1.83. The van der Waals surface area contributed by atoms with Crippen LogP contribution in [0.3, 0.4) is 0 Å². The van der Waals surface area contributed by atoms with Gasteiger partial charge in [-0.25, -0.2) is 19.6 Å². The van der Waals surface area contributed by atoms with Crippen LogP contribution in [0.4, 0.5) is 5.82 Å². The molecule has 3 aromatic heterocycles. The third-order valence-electron chi connectivity index (χ3n) is 3.42. The van der Waals surface area contributed by atoms with Crippen molar-refractivity contribution < 1.29 is 0 Å². The molecule has 0 spiro atoms. The van der Waals surface area contributed by atoms with Crippen LogP contribution < -0.4 is 5.32 Å². The van der Waals surface area contributed by atoms with Gasteiger partial charge in [0.1, 0.15) is 29.6 Å². The van der Waals surface area contributed by atoms with Crippen LogP contribution in [0.2, 0.25) is 0 Å². The molecule has 0 amide bonds. The van der Waals surface area contributed by atoms with Gasteiger partial charge in [0.05, 0.1) is 11.4 Å². The van der Waals surface area contributed by atoms with E-state index in [0.717, 1.165) is 22.6 Å². The Morgan fingerprint density at radius 3 is 2.90 bits per heavy atom. The van der Waals surface area contributed by atoms with Crippen molar-refractivity contribution in [3.8, 4) is 0 Å². The largest absolute Gasteiger partial charge is 0.367 e. The summed E-state index contributed by atoms with van der Waals surface area (Å²) in [4.78, 5) is 15.0. The molecule has 1 N–H and O–H groups in total. The average Bonchev–Trinajstić information content (AvgIpc) is 3.06. The Hall–Kier alpha value is -2.02. The number of nitrogens with zero attached hydrogens (tertiary/aromatic N) is 5. The lowest BCUT2D eigenvalue weighted by atomic mass is 10.2. The molecule has 0 aliphatic heterocycles. The van der Waals surface area contributed by atoms with Crippen molar-refractivity contribution in [2.24, 2.45) is 0 Å². The van der Waals surface area contributed by atoms with E-state index in [9.17, 15) is 0 Å². The molecule has 0 saturated carbocycles. The summed E-state index contributed by atoms with van der Waals surface area (Å²) in [6, 6.07) is 0.211. The van der Waals surface area contributed by atoms with Crippen LogP contribution in [0.15, 0.2) is 19.0 Å². The van der Waals surface area contributed by atoms with Gasteiger partial charge >= 0.3 is 0 Å². The lowest BCUT2D eigenvalue weighted by molar-refractivity contribution is 0.510. The van der Waals surface area contributed by atoms with Gasteiger partial charge in [0.2, 0.25) is 0 Å². The maximum atomic E-state index is 4.37. The highest BCUT2D eigenvalue weighted by atomic mass is 32.1. The Labute approximate surface area is 120 Å². The molecule has 1 atom stereocenters. The van der Waals surface area contributed by atoms with E-state index in [-0.39, 0.29) is 6.04 Å². The molecule has 3 heterocycles. The number of fused-ring (bicyclic) bond motifs is 1. The molecule has 1 unspecified atom stereocenters. The third-order valence-corrected chi connectivity index (χ3v) is 4.53. The van der Waals surface area contributed by atoms with Gasteiger partial charge in [0, 0.05) is 11.4 Å². The van der Waals surface area contributed by atoms with E-state index < -0.39 is 0 Å². The van der Waals surface area contributed by atoms with E-state index in [2.05, 4.69) is 46.1 Å². The van der Waals surface area contributed by atoms with Gasteiger partial charge in [-0.15, -0.1) is 11.3 Å². The zero-order valence-electron chi connectivity index (χ0n) is 11.7. The summed E-state index contributed by atoms with van der Waals surface area (Å²) >= 11 is 1.71. The summed E-state index contributed by atoms with van der Waals surface area (Å²) in [6.45, 7) is 7.06. The van der Waals surface area contributed by atoms with Crippen LogP contribution in [0.1, 0.15) is 23.4 Å². The second-order valence-corrected chi connectivity index (χ2v) is 5.99. The molecular weight excluding hydrogens is 272 g/mol. The lowest BCUT2D eigenvalue weighted by Gasteiger charge is -2.13. The van der Waals surface area contributed by atoms with Crippen molar-refractivity contribution in [2.75, 3.05) is 11.9 Å². The number of hydrogen-bond donors (Lipinski definition) is 1. The first kappa shape index (κ1) is 13.0. The summed E-state index contributed by atoms with van der Waals surface area (Å²) in [6.07, 6.45) is 4.88. The van der Waals surface area contributed by atoms with Crippen molar-refractivity contribution in [2.45, 2.75) is 26.8 Å². The number of aromatic nitrogens is 5. The van der Waals surface area contributed by atoms with Crippen molar-refractivity contribution in [1.82, 2.24) is 24.7 Å². The molecule has 20 heavy (non-hydrogen) atoms. The minimum absolute atomic E-state index is 0.211. The SMILES string of the molecule is Cc1sc2ncnc(NCC(C)n3cncn3)c2c1C. The zero-order chi connectivity index (χ0) is 14.1. The normalized spacial score (nSPS) is 12.8. The maximum Gasteiger partial charge on any atom is 0.138 e. The topological polar surface area (TPSA) is 68.5 Å². The highest BCUT2D eigenvalue weighted by Crippen LogP contribution is 2.32. The van der Waals surface area contributed by atoms with Gasteiger partial charge in [-0.2, -0.15) is 5.10 Å². The van der Waals surface area contributed by atoms with Crippen LogP contribution >= 0.6 is 11.3 Å². The van der Waals surface area contributed by atoms with E-state index in [0.29, 0.717) is 0 Å². The van der Waals surface area contributed by atoms with E-state index >= 15 is 0 Å². The predicted molar refractivity (Wildman–Crippen MR) is 80.1 cm³/mol. The van der Waals surface area contributed by atoms with E-state index in [1.165, 1.54) is 10.4 Å². The molecule has 7 heteroatoms. The number of aryl methyl sites for hydroxylation is 2. The fraction of sp³-hybridized carbons (Fsp3) is 0.385.